The van der Waals surface area contributed by atoms with Crippen LogP contribution in [-0.4, -0.2) is 62.8 Å². The van der Waals surface area contributed by atoms with Crippen LogP contribution in [0.2, 0.25) is 0 Å². The van der Waals surface area contributed by atoms with Crippen LogP contribution in [0.5, 0.6) is 0 Å². The van der Waals surface area contributed by atoms with Crippen LogP contribution in [0.3, 0.4) is 0 Å². The van der Waals surface area contributed by atoms with Crippen LogP contribution in [0.1, 0.15) is 11.1 Å². The summed E-state index contributed by atoms with van der Waals surface area (Å²) in [6.45, 7) is 3.41. The Morgan fingerprint density at radius 3 is 1.37 bits per heavy atom. The smallest absolute Gasteiger partial charge is 0.243 e. The zero-order valence-corrected chi connectivity index (χ0v) is 18.6. The molecule has 0 aromatic heterocycles. The third-order valence-electron chi connectivity index (χ3n) is 4.93. The zero-order valence-electron chi connectivity index (χ0n) is 17.0. The highest BCUT2D eigenvalue weighted by Gasteiger charge is 2.31. The highest BCUT2D eigenvalue weighted by molar-refractivity contribution is 7.89. The van der Waals surface area contributed by atoms with Gasteiger partial charge in [-0.2, -0.15) is 8.61 Å². The van der Waals surface area contributed by atoms with Crippen LogP contribution in [0.25, 0.3) is 0 Å². The first-order chi connectivity index (χ1) is 14.1. The highest BCUT2D eigenvalue weighted by atomic mass is 32.2. The van der Waals surface area contributed by atoms with Gasteiger partial charge in [0.15, 0.2) is 0 Å². The molecule has 1 heterocycles. The van der Waals surface area contributed by atoms with Crippen molar-refractivity contribution in [3.05, 3.63) is 71.8 Å². The normalized spacial score (nSPS) is 19.0. The molecule has 0 saturated heterocycles. The van der Waals surface area contributed by atoms with Crippen molar-refractivity contribution in [3.8, 4) is 0 Å². The molecule has 2 aromatic carbocycles. The van der Waals surface area contributed by atoms with Gasteiger partial charge in [0.2, 0.25) is 20.0 Å². The standard InChI is InChI=1S/C21H26N2O5S2/c1-17-5-9-20(10-6-17)29(25,26)22-13-3-4-14-23(16-19(24)15-22)30(27,28)21-11-7-18(2)8-12-21/h3-12,19,24H,13-16H2,1-2H3/b4-3-. The van der Waals surface area contributed by atoms with Gasteiger partial charge in [0, 0.05) is 26.2 Å². The second-order valence-electron chi connectivity index (χ2n) is 7.40. The Balaban J connectivity index is 1.83. The number of hydrogen-bond acceptors (Lipinski definition) is 5. The van der Waals surface area contributed by atoms with Gasteiger partial charge in [-0.25, -0.2) is 16.8 Å². The van der Waals surface area contributed by atoms with Gasteiger partial charge < -0.3 is 5.11 Å². The van der Waals surface area contributed by atoms with E-state index in [0.29, 0.717) is 0 Å². The van der Waals surface area contributed by atoms with Crippen molar-refractivity contribution < 1.29 is 21.9 Å². The third kappa shape index (κ3) is 4.98. The molecule has 0 amide bonds. The number of nitrogens with zero attached hydrogens (tertiary/aromatic N) is 2. The average Bonchev–Trinajstić information content (AvgIpc) is 2.79. The maximum atomic E-state index is 13.0. The van der Waals surface area contributed by atoms with Gasteiger partial charge >= 0.3 is 0 Å². The molecule has 1 N–H and O–H groups in total. The molecule has 9 heteroatoms. The second kappa shape index (κ2) is 8.99. The molecular formula is C21H26N2O5S2. The molecule has 0 bridgehead atoms. The molecule has 0 aliphatic carbocycles. The van der Waals surface area contributed by atoms with Crippen LogP contribution >= 0.6 is 0 Å². The summed E-state index contributed by atoms with van der Waals surface area (Å²) in [5, 5.41) is 10.5. The molecule has 0 radical (unpaired) electrons. The molecule has 2 aromatic rings. The number of benzene rings is 2. The molecule has 1 aliphatic heterocycles. The van der Waals surface area contributed by atoms with Crippen molar-refractivity contribution in [1.29, 1.82) is 0 Å². The fourth-order valence-electron chi connectivity index (χ4n) is 3.17. The minimum Gasteiger partial charge on any atom is -0.390 e. The lowest BCUT2D eigenvalue weighted by molar-refractivity contribution is 0.129. The summed E-state index contributed by atoms with van der Waals surface area (Å²) < 4.78 is 54.3. The topological polar surface area (TPSA) is 95.0 Å². The zero-order chi connectivity index (χ0) is 21.9. The third-order valence-corrected chi connectivity index (χ3v) is 8.62. The van der Waals surface area contributed by atoms with Gasteiger partial charge in [-0.1, -0.05) is 47.5 Å². The Morgan fingerprint density at radius 1 is 0.700 bits per heavy atom. The first-order valence-corrected chi connectivity index (χ1v) is 12.5. The quantitative estimate of drug-likeness (QED) is 0.718. The largest absolute Gasteiger partial charge is 0.390 e. The average molecular weight is 451 g/mol. The van der Waals surface area contributed by atoms with E-state index in [-0.39, 0.29) is 36.0 Å². The molecule has 0 fully saturated rings. The van der Waals surface area contributed by atoms with E-state index >= 15 is 0 Å². The van der Waals surface area contributed by atoms with Crippen LogP contribution < -0.4 is 0 Å². The number of rotatable bonds is 4. The fraction of sp³-hybridized carbons (Fsp3) is 0.333. The summed E-state index contributed by atoms with van der Waals surface area (Å²) in [6, 6.07) is 13.0. The molecule has 30 heavy (non-hydrogen) atoms. The Morgan fingerprint density at radius 2 is 1.03 bits per heavy atom. The molecule has 162 valence electrons. The van der Waals surface area contributed by atoms with Gasteiger partial charge in [-0.15, -0.1) is 0 Å². The molecule has 0 saturated carbocycles. The van der Waals surface area contributed by atoms with E-state index in [1.165, 1.54) is 32.9 Å². The van der Waals surface area contributed by atoms with E-state index < -0.39 is 26.2 Å². The molecule has 0 spiro atoms. The van der Waals surface area contributed by atoms with Crippen LogP contribution in [0.4, 0.5) is 0 Å². The molecular weight excluding hydrogens is 424 g/mol. The lowest BCUT2D eigenvalue weighted by Gasteiger charge is -2.26. The molecule has 3 rings (SSSR count). The summed E-state index contributed by atoms with van der Waals surface area (Å²) >= 11 is 0. The monoisotopic (exact) mass is 450 g/mol. The number of β-amino-alcohol motifs (C(OH)–C–C–N with tert-alkyl or cyclic N) is 1. The molecule has 0 unspecified atom stereocenters. The Bertz CT molecular complexity index is 1020. The predicted octanol–water partition coefficient (Wildman–Crippen LogP) is 1.92. The van der Waals surface area contributed by atoms with Gasteiger partial charge in [-0.3, -0.25) is 0 Å². The number of aliphatic hydroxyl groups is 1. The summed E-state index contributed by atoms with van der Waals surface area (Å²) in [6.07, 6.45) is 2.05. The van der Waals surface area contributed by atoms with E-state index in [4.69, 9.17) is 0 Å². The summed E-state index contributed by atoms with van der Waals surface area (Å²) in [5.41, 5.74) is 1.88. The molecule has 7 nitrogen and oxygen atoms in total. The van der Waals surface area contributed by atoms with Crippen LogP contribution in [0.15, 0.2) is 70.5 Å². The van der Waals surface area contributed by atoms with E-state index in [0.717, 1.165) is 11.1 Å². The van der Waals surface area contributed by atoms with Crippen molar-refractivity contribution >= 4 is 20.0 Å². The summed E-state index contributed by atoms with van der Waals surface area (Å²) in [5.74, 6) is 0. The van der Waals surface area contributed by atoms with Gasteiger partial charge in [0.05, 0.1) is 15.9 Å². The Labute approximate surface area is 178 Å². The van der Waals surface area contributed by atoms with Crippen molar-refractivity contribution in [2.75, 3.05) is 26.2 Å². The molecule has 0 atom stereocenters. The first-order valence-electron chi connectivity index (χ1n) is 9.57. The van der Waals surface area contributed by atoms with Crippen molar-refractivity contribution in [3.63, 3.8) is 0 Å². The maximum absolute atomic E-state index is 13.0. The number of aliphatic hydroxyl groups excluding tert-OH is 1. The second-order valence-corrected chi connectivity index (χ2v) is 11.3. The van der Waals surface area contributed by atoms with E-state index in [1.807, 2.05) is 13.8 Å². The lowest BCUT2D eigenvalue weighted by atomic mass is 10.2. The van der Waals surface area contributed by atoms with Crippen molar-refractivity contribution in [2.24, 2.45) is 0 Å². The molecule has 1 aliphatic rings. The predicted molar refractivity (Wildman–Crippen MR) is 115 cm³/mol. The Hall–Kier alpha value is -2.04. The van der Waals surface area contributed by atoms with E-state index in [2.05, 4.69) is 0 Å². The summed E-state index contributed by atoms with van der Waals surface area (Å²) in [4.78, 5) is 0.272. The van der Waals surface area contributed by atoms with Crippen molar-refractivity contribution in [2.45, 2.75) is 29.7 Å². The van der Waals surface area contributed by atoms with Crippen LogP contribution in [-0.2, 0) is 20.0 Å². The minimum atomic E-state index is -3.82. The fourth-order valence-corrected chi connectivity index (χ4v) is 6.03. The summed E-state index contributed by atoms with van der Waals surface area (Å²) in [7, 11) is -7.65. The number of aryl methyl sites for hydroxylation is 2. The maximum Gasteiger partial charge on any atom is 0.243 e. The number of hydrogen-bond donors (Lipinski definition) is 1. The van der Waals surface area contributed by atoms with Gasteiger partial charge in [0.1, 0.15) is 0 Å². The number of sulfonamides is 2. The van der Waals surface area contributed by atoms with Crippen LogP contribution in [0, 0.1) is 13.8 Å². The minimum absolute atomic E-state index is 0.0473. The van der Waals surface area contributed by atoms with E-state index in [1.54, 1.807) is 36.4 Å². The van der Waals surface area contributed by atoms with E-state index in [9.17, 15) is 21.9 Å². The Kier molecular flexibility index (Phi) is 6.78. The first kappa shape index (κ1) is 22.6. The SMILES string of the molecule is Cc1ccc(S(=O)(=O)N2C/C=C\CN(S(=O)(=O)c3ccc(C)cc3)CC(O)C2)cc1. The van der Waals surface area contributed by atoms with Gasteiger partial charge in [-0.05, 0) is 38.1 Å². The van der Waals surface area contributed by atoms with Crippen molar-refractivity contribution in [1.82, 2.24) is 8.61 Å². The van der Waals surface area contributed by atoms with Gasteiger partial charge in [0.25, 0.3) is 0 Å². The lowest BCUT2D eigenvalue weighted by Crippen LogP contribution is -2.43. The highest BCUT2D eigenvalue weighted by Crippen LogP contribution is 2.20.